The van der Waals surface area contributed by atoms with Crippen LogP contribution in [0.1, 0.15) is 42.1 Å². The monoisotopic (exact) mass is 256 g/mol. The number of hydrogen-bond donors (Lipinski definition) is 1. The van der Waals surface area contributed by atoms with Crippen LogP contribution in [-0.2, 0) is 0 Å². The predicted octanol–water partition coefficient (Wildman–Crippen LogP) is 3.10. The zero-order chi connectivity index (χ0) is 13.0. The first-order valence-electron chi connectivity index (χ1n) is 6.92. The summed E-state index contributed by atoms with van der Waals surface area (Å²) in [5.41, 5.74) is 2.18. The largest absolute Gasteiger partial charge is 0.478 e. The number of carbonyl (C=O) groups is 1. The lowest BCUT2D eigenvalue weighted by Gasteiger charge is -2.23. The molecule has 1 heterocycles. The smallest absolute Gasteiger partial charge is 0.335 e. The van der Waals surface area contributed by atoms with E-state index in [2.05, 4.69) is 9.55 Å². The Morgan fingerprint density at radius 2 is 2.21 bits per heavy atom. The number of hydrogen-bond acceptors (Lipinski definition) is 2. The second-order valence-electron chi connectivity index (χ2n) is 5.90. The number of fused-ring (bicyclic) bond motifs is 3. The van der Waals surface area contributed by atoms with Crippen molar-refractivity contribution in [1.29, 1.82) is 0 Å². The molecule has 1 aromatic carbocycles. The normalized spacial score (nSPS) is 29.2. The number of rotatable bonds is 2. The molecular weight excluding hydrogens is 240 g/mol. The number of imidazole rings is 1. The first-order chi connectivity index (χ1) is 9.22. The molecule has 2 aromatic rings. The minimum atomic E-state index is -0.892. The van der Waals surface area contributed by atoms with Crippen molar-refractivity contribution >= 4 is 17.0 Å². The highest BCUT2D eigenvalue weighted by Crippen LogP contribution is 2.51. The third-order valence-electron chi connectivity index (χ3n) is 4.88. The fraction of sp³-hybridized carbons (Fsp3) is 0.467. The maximum Gasteiger partial charge on any atom is 0.335 e. The summed E-state index contributed by atoms with van der Waals surface area (Å²) in [5.74, 6) is 0.795. The molecule has 2 aliphatic carbocycles. The average molecular weight is 256 g/mol. The van der Waals surface area contributed by atoms with Gasteiger partial charge in [0.05, 0.1) is 22.9 Å². The maximum atomic E-state index is 11.0. The molecule has 0 spiro atoms. The molecule has 19 heavy (non-hydrogen) atoms. The Balaban J connectivity index is 1.77. The van der Waals surface area contributed by atoms with E-state index in [1.165, 1.54) is 25.7 Å². The summed E-state index contributed by atoms with van der Waals surface area (Å²) in [4.78, 5) is 15.4. The maximum absolute atomic E-state index is 11.0. The molecule has 1 N–H and O–H groups in total. The minimum Gasteiger partial charge on any atom is -0.478 e. The van der Waals surface area contributed by atoms with Crippen molar-refractivity contribution in [3.05, 3.63) is 30.1 Å². The number of carboxylic acid groups (broad SMARTS) is 1. The van der Waals surface area contributed by atoms with Crippen molar-refractivity contribution in [2.45, 2.75) is 31.7 Å². The highest BCUT2D eigenvalue weighted by Gasteiger charge is 2.40. The topological polar surface area (TPSA) is 55.1 Å². The van der Waals surface area contributed by atoms with Crippen LogP contribution < -0.4 is 0 Å². The molecule has 0 radical (unpaired) electrons. The van der Waals surface area contributed by atoms with E-state index in [-0.39, 0.29) is 0 Å². The SMILES string of the molecule is O=C(O)c1ccc2c(c1)ncn2C1CC2CCC1C2. The van der Waals surface area contributed by atoms with Crippen molar-refractivity contribution in [3.8, 4) is 0 Å². The Kier molecular flexibility index (Phi) is 2.22. The Hall–Kier alpha value is -1.84. The van der Waals surface area contributed by atoms with E-state index in [1.54, 1.807) is 12.1 Å². The van der Waals surface area contributed by atoms with E-state index in [0.717, 1.165) is 22.9 Å². The van der Waals surface area contributed by atoms with Crippen LogP contribution >= 0.6 is 0 Å². The fourth-order valence-electron chi connectivity index (χ4n) is 3.98. The molecule has 4 rings (SSSR count). The standard InChI is InChI=1S/C15H16N2O2/c18-15(19)11-3-4-13-12(7-11)16-8-17(13)14-6-9-1-2-10(14)5-9/h3-4,7-10,14H,1-2,5-6H2,(H,18,19). The Morgan fingerprint density at radius 1 is 1.32 bits per heavy atom. The number of aromatic nitrogens is 2. The van der Waals surface area contributed by atoms with Gasteiger partial charge in [0, 0.05) is 6.04 Å². The first kappa shape index (κ1) is 11.0. The van der Waals surface area contributed by atoms with Gasteiger partial charge in [-0.3, -0.25) is 0 Å². The van der Waals surface area contributed by atoms with Gasteiger partial charge in [-0.25, -0.2) is 9.78 Å². The third-order valence-corrected chi connectivity index (χ3v) is 4.88. The molecule has 3 unspecified atom stereocenters. The number of aromatic carboxylic acids is 1. The lowest BCUT2D eigenvalue weighted by molar-refractivity contribution is 0.0697. The molecule has 2 aliphatic rings. The lowest BCUT2D eigenvalue weighted by Crippen LogP contribution is -2.15. The summed E-state index contributed by atoms with van der Waals surface area (Å²) in [7, 11) is 0. The lowest BCUT2D eigenvalue weighted by atomic mass is 9.95. The van der Waals surface area contributed by atoms with Crippen LogP contribution in [0.4, 0.5) is 0 Å². The quantitative estimate of drug-likeness (QED) is 0.898. The van der Waals surface area contributed by atoms with Crippen LogP contribution in [0.2, 0.25) is 0 Å². The van der Waals surface area contributed by atoms with Crippen molar-refractivity contribution < 1.29 is 9.90 Å². The predicted molar refractivity (Wildman–Crippen MR) is 71.2 cm³/mol. The zero-order valence-corrected chi connectivity index (χ0v) is 10.6. The molecule has 2 saturated carbocycles. The minimum absolute atomic E-state index is 0.311. The van der Waals surface area contributed by atoms with Crippen LogP contribution in [0.25, 0.3) is 11.0 Å². The average Bonchev–Trinajstić information content (AvgIpc) is 3.11. The van der Waals surface area contributed by atoms with Crippen LogP contribution in [-0.4, -0.2) is 20.6 Å². The molecule has 3 atom stereocenters. The van der Waals surface area contributed by atoms with Crippen molar-refractivity contribution in [1.82, 2.24) is 9.55 Å². The molecule has 0 amide bonds. The van der Waals surface area contributed by atoms with E-state index in [0.29, 0.717) is 11.6 Å². The number of carboxylic acids is 1. The van der Waals surface area contributed by atoms with E-state index in [1.807, 2.05) is 12.4 Å². The van der Waals surface area contributed by atoms with Crippen molar-refractivity contribution in [2.24, 2.45) is 11.8 Å². The first-order valence-corrected chi connectivity index (χ1v) is 6.92. The van der Waals surface area contributed by atoms with Gasteiger partial charge in [-0.1, -0.05) is 6.42 Å². The van der Waals surface area contributed by atoms with E-state index < -0.39 is 5.97 Å². The van der Waals surface area contributed by atoms with Gasteiger partial charge < -0.3 is 9.67 Å². The molecule has 98 valence electrons. The molecule has 1 aromatic heterocycles. The van der Waals surface area contributed by atoms with E-state index >= 15 is 0 Å². The summed E-state index contributed by atoms with van der Waals surface area (Å²) in [5, 5.41) is 9.01. The van der Waals surface area contributed by atoms with Crippen LogP contribution in [0, 0.1) is 11.8 Å². The fourth-order valence-corrected chi connectivity index (χ4v) is 3.98. The number of nitrogens with zero attached hydrogens (tertiary/aromatic N) is 2. The molecule has 0 saturated heterocycles. The van der Waals surface area contributed by atoms with Gasteiger partial charge in [0.25, 0.3) is 0 Å². The Labute approximate surface area is 111 Å². The van der Waals surface area contributed by atoms with Gasteiger partial charge in [-0.2, -0.15) is 0 Å². The molecule has 4 heteroatoms. The molecule has 2 bridgehead atoms. The second-order valence-corrected chi connectivity index (χ2v) is 5.90. The van der Waals surface area contributed by atoms with E-state index in [9.17, 15) is 4.79 Å². The van der Waals surface area contributed by atoms with E-state index in [4.69, 9.17) is 5.11 Å². The summed E-state index contributed by atoms with van der Waals surface area (Å²) in [6.07, 6.45) is 7.23. The Bertz CT molecular complexity index is 661. The van der Waals surface area contributed by atoms with Gasteiger partial charge in [0.15, 0.2) is 0 Å². The van der Waals surface area contributed by atoms with Gasteiger partial charge in [0.2, 0.25) is 0 Å². The summed E-state index contributed by atoms with van der Waals surface area (Å²) >= 11 is 0. The summed E-state index contributed by atoms with van der Waals surface area (Å²) in [6, 6.07) is 5.81. The van der Waals surface area contributed by atoms with Gasteiger partial charge >= 0.3 is 5.97 Å². The summed E-state index contributed by atoms with van der Waals surface area (Å²) < 4.78 is 2.27. The molecule has 2 fully saturated rings. The van der Waals surface area contributed by atoms with Gasteiger partial charge in [-0.05, 0) is 49.3 Å². The van der Waals surface area contributed by atoms with Crippen LogP contribution in [0.15, 0.2) is 24.5 Å². The van der Waals surface area contributed by atoms with Crippen LogP contribution in [0.5, 0.6) is 0 Å². The Morgan fingerprint density at radius 3 is 2.89 bits per heavy atom. The molecular formula is C15H16N2O2. The zero-order valence-electron chi connectivity index (χ0n) is 10.6. The highest BCUT2D eigenvalue weighted by molar-refractivity contribution is 5.92. The number of benzene rings is 1. The van der Waals surface area contributed by atoms with Gasteiger partial charge in [0.1, 0.15) is 0 Å². The second kappa shape index (κ2) is 3.83. The molecule has 0 aliphatic heterocycles. The van der Waals surface area contributed by atoms with Crippen molar-refractivity contribution in [3.63, 3.8) is 0 Å². The summed E-state index contributed by atoms with van der Waals surface area (Å²) in [6.45, 7) is 0. The van der Waals surface area contributed by atoms with Gasteiger partial charge in [-0.15, -0.1) is 0 Å². The van der Waals surface area contributed by atoms with Crippen LogP contribution in [0.3, 0.4) is 0 Å². The highest BCUT2D eigenvalue weighted by atomic mass is 16.4. The molecule has 4 nitrogen and oxygen atoms in total. The third kappa shape index (κ3) is 1.59. The van der Waals surface area contributed by atoms with Crippen molar-refractivity contribution in [2.75, 3.05) is 0 Å².